The third-order valence-corrected chi connectivity index (χ3v) is 2.55. The lowest BCUT2D eigenvalue weighted by Gasteiger charge is -2.12. The van der Waals surface area contributed by atoms with E-state index in [4.69, 9.17) is 5.73 Å². The summed E-state index contributed by atoms with van der Waals surface area (Å²) < 4.78 is 0.929. The molecule has 4 nitrogen and oxygen atoms in total. The van der Waals surface area contributed by atoms with E-state index in [9.17, 15) is 9.59 Å². The Morgan fingerprint density at radius 1 is 1.47 bits per heavy atom. The van der Waals surface area contributed by atoms with Gasteiger partial charge in [-0.3, -0.25) is 9.59 Å². The predicted molar refractivity (Wildman–Crippen MR) is 60.1 cm³/mol. The molecular weight excluding hydrogens is 260 g/mol. The Labute approximate surface area is 96.0 Å². The zero-order valence-electron chi connectivity index (χ0n) is 7.94. The Hall–Kier alpha value is -1.36. The van der Waals surface area contributed by atoms with Crippen LogP contribution in [-0.4, -0.2) is 18.9 Å². The summed E-state index contributed by atoms with van der Waals surface area (Å²) in [5, 5.41) is 2.45. The van der Waals surface area contributed by atoms with Gasteiger partial charge in [-0.2, -0.15) is 0 Å². The van der Waals surface area contributed by atoms with Gasteiger partial charge in [0.2, 0.25) is 12.3 Å². The minimum Gasteiger partial charge on any atom is -0.369 e. The first-order valence-corrected chi connectivity index (χ1v) is 5.16. The number of carbonyl (C=O) groups excluding carboxylic acids is 2. The molecule has 2 amide bonds. The van der Waals surface area contributed by atoms with Crippen LogP contribution < -0.4 is 11.1 Å². The van der Waals surface area contributed by atoms with E-state index in [2.05, 4.69) is 21.2 Å². The van der Waals surface area contributed by atoms with Gasteiger partial charge in [0, 0.05) is 11.0 Å². The average molecular weight is 271 g/mol. The maximum absolute atomic E-state index is 11.1. The number of halogens is 1. The van der Waals surface area contributed by atoms with Crippen LogP contribution in [-0.2, 0) is 9.59 Å². The van der Waals surface area contributed by atoms with E-state index in [1.165, 1.54) is 0 Å². The number of hydrogen-bond donors (Lipinski definition) is 2. The Morgan fingerprint density at radius 3 is 2.53 bits per heavy atom. The SMILES string of the molecule is NC(=O)[C@H](CNC=O)c1ccc(Br)cc1. The van der Waals surface area contributed by atoms with Gasteiger partial charge in [0.15, 0.2) is 0 Å². The van der Waals surface area contributed by atoms with Gasteiger partial charge in [0.05, 0.1) is 5.92 Å². The lowest BCUT2D eigenvalue weighted by molar-refractivity contribution is -0.119. The molecule has 5 heteroatoms. The number of nitrogens with one attached hydrogen (secondary N) is 1. The lowest BCUT2D eigenvalue weighted by atomic mass is 9.99. The van der Waals surface area contributed by atoms with Crippen molar-refractivity contribution in [3.8, 4) is 0 Å². The molecule has 0 radical (unpaired) electrons. The Morgan fingerprint density at radius 2 is 2.07 bits per heavy atom. The van der Waals surface area contributed by atoms with Gasteiger partial charge in [0.1, 0.15) is 0 Å². The fraction of sp³-hybridized carbons (Fsp3) is 0.200. The van der Waals surface area contributed by atoms with Crippen molar-refractivity contribution >= 4 is 28.2 Å². The number of rotatable bonds is 5. The predicted octanol–water partition coefficient (Wildman–Crippen LogP) is 0.764. The molecule has 0 saturated heterocycles. The highest BCUT2D eigenvalue weighted by Gasteiger charge is 2.16. The van der Waals surface area contributed by atoms with E-state index in [0.29, 0.717) is 6.41 Å². The molecule has 3 N–H and O–H groups in total. The van der Waals surface area contributed by atoms with Crippen LogP contribution >= 0.6 is 15.9 Å². The fourth-order valence-corrected chi connectivity index (χ4v) is 1.51. The summed E-state index contributed by atoms with van der Waals surface area (Å²) in [6.07, 6.45) is 0.550. The van der Waals surface area contributed by atoms with Crippen molar-refractivity contribution in [2.45, 2.75) is 5.92 Å². The maximum atomic E-state index is 11.1. The molecule has 0 aromatic heterocycles. The van der Waals surface area contributed by atoms with E-state index < -0.39 is 11.8 Å². The molecule has 80 valence electrons. The first-order valence-electron chi connectivity index (χ1n) is 4.37. The molecule has 0 saturated carbocycles. The highest BCUT2D eigenvalue weighted by Crippen LogP contribution is 2.17. The van der Waals surface area contributed by atoms with Crippen LogP contribution in [0.15, 0.2) is 28.7 Å². The summed E-state index contributed by atoms with van der Waals surface area (Å²) in [6.45, 7) is 0.223. The van der Waals surface area contributed by atoms with Gasteiger partial charge in [0.25, 0.3) is 0 Å². The van der Waals surface area contributed by atoms with E-state index in [0.717, 1.165) is 10.0 Å². The summed E-state index contributed by atoms with van der Waals surface area (Å²) in [6, 6.07) is 7.25. The van der Waals surface area contributed by atoms with Gasteiger partial charge in [-0.05, 0) is 17.7 Å². The van der Waals surface area contributed by atoms with Crippen LogP contribution in [0.5, 0.6) is 0 Å². The minimum atomic E-state index is -0.483. The Balaban J connectivity index is 2.83. The van der Waals surface area contributed by atoms with Gasteiger partial charge in [-0.1, -0.05) is 28.1 Å². The second-order valence-electron chi connectivity index (χ2n) is 3.03. The quantitative estimate of drug-likeness (QED) is 0.776. The monoisotopic (exact) mass is 270 g/mol. The number of amides is 2. The number of carbonyl (C=O) groups is 2. The van der Waals surface area contributed by atoms with Gasteiger partial charge in [-0.25, -0.2) is 0 Å². The standard InChI is InChI=1S/C10H11BrN2O2/c11-8-3-1-7(2-4-8)9(10(12)15)5-13-6-14/h1-4,6,9H,5H2,(H2,12,15)(H,13,14)/t9-/m1/s1. The molecule has 1 aromatic rings. The normalized spacial score (nSPS) is 11.8. The van der Waals surface area contributed by atoms with Crippen molar-refractivity contribution in [2.75, 3.05) is 6.54 Å². The third kappa shape index (κ3) is 3.36. The van der Waals surface area contributed by atoms with Crippen LogP contribution in [0.4, 0.5) is 0 Å². The molecule has 15 heavy (non-hydrogen) atoms. The third-order valence-electron chi connectivity index (χ3n) is 2.02. The van der Waals surface area contributed by atoms with Crippen LogP contribution in [0.3, 0.4) is 0 Å². The van der Waals surface area contributed by atoms with Crippen molar-refractivity contribution in [2.24, 2.45) is 5.73 Å². The van der Waals surface area contributed by atoms with Crippen molar-refractivity contribution in [3.05, 3.63) is 34.3 Å². The van der Waals surface area contributed by atoms with Crippen molar-refractivity contribution in [1.29, 1.82) is 0 Å². The zero-order valence-corrected chi connectivity index (χ0v) is 9.53. The van der Waals surface area contributed by atoms with Crippen molar-refractivity contribution in [3.63, 3.8) is 0 Å². The fourth-order valence-electron chi connectivity index (χ4n) is 1.24. The summed E-state index contributed by atoms with van der Waals surface area (Å²) in [7, 11) is 0. The molecule has 0 aliphatic rings. The summed E-state index contributed by atoms with van der Waals surface area (Å²) in [5.74, 6) is -0.935. The van der Waals surface area contributed by atoms with Gasteiger partial charge < -0.3 is 11.1 Å². The average Bonchev–Trinajstić information content (AvgIpc) is 2.21. The second-order valence-corrected chi connectivity index (χ2v) is 3.95. The van der Waals surface area contributed by atoms with Crippen LogP contribution in [0.2, 0.25) is 0 Å². The van der Waals surface area contributed by atoms with Crippen LogP contribution in [0.1, 0.15) is 11.5 Å². The smallest absolute Gasteiger partial charge is 0.226 e. The molecule has 1 rings (SSSR count). The largest absolute Gasteiger partial charge is 0.369 e. The van der Waals surface area contributed by atoms with Crippen molar-refractivity contribution in [1.82, 2.24) is 5.32 Å². The molecular formula is C10H11BrN2O2. The first-order chi connectivity index (χ1) is 7.15. The minimum absolute atomic E-state index is 0.223. The van der Waals surface area contributed by atoms with E-state index in [-0.39, 0.29) is 6.54 Å². The molecule has 0 spiro atoms. The summed E-state index contributed by atoms with van der Waals surface area (Å²) >= 11 is 3.30. The Bertz CT molecular complexity index is 351. The molecule has 0 bridgehead atoms. The first kappa shape index (κ1) is 11.7. The summed E-state index contributed by atoms with van der Waals surface area (Å²) in [5.41, 5.74) is 6.03. The summed E-state index contributed by atoms with van der Waals surface area (Å²) in [4.78, 5) is 21.3. The zero-order chi connectivity index (χ0) is 11.3. The molecule has 0 fully saturated rings. The van der Waals surface area contributed by atoms with E-state index >= 15 is 0 Å². The maximum Gasteiger partial charge on any atom is 0.226 e. The lowest BCUT2D eigenvalue weighted by Crippen LogP contribution is -2.30. The Kier molecular flexibility index (Phi) is 4.30. The molecule has 0 unspecified atom stereocenters. The van der Waals surface area contributed by atoms with Crippen LogP contribution in [0.25, 0.3) is 0 Å². The number of primary amides is 1. The highest BCUT2D eigenvalue weighted by atomic mass is 79.9. The molecule has 1 aromatic carbocycles. The second kappa shape index (κ2) is 5.50. The van der Waals surface area contributed by atoms with Crippen LogP contribution in [0, 0.1) is 0 Å². The van der Waals surface area contributed by atoms with Gasteiger partial charge in [-0.15, -0.1) is 0 Å². The number of hydrogen-bond acceptors (Lipinski definition) is 2. The topological polar surface area (TPSA) is 72.2 Å². The molecule has 0 heterocycles. The van der Waals surface area contributed by atoms with Gasteiger partial charge >= 0.3 is 0 Å². The van der Waals surface area contributed by atoms with E-state index in [1.807, 2.05) is 12.1 Å². The number of nitrogens with two attached hydrogens (primary N) is 1. The highest BCUT2D eigenvalue weighted by molar-refractivity contribution is 9.10. The van der Waals surface area contributed by atoms with Crippen molar-refractivity contribution < 1.29 is 9.59 Å². The number of benzene rings is 1. The molecule has 0 aliphatic carbocycles. The molecule has 1 atom stereocenters. The van der Waals surface area contributed by atoms with E-state index in [1.54, 1.807) is 12.1 Å². The molecule has 0 aliphatic heterocycles.